The third-order valence-corrected chi connectivity index (χ3v) is 2.82. The summed E-state index contributed by atoms with van der Waals surface area (Å²) in [5.74, 6) is -1.86. The van der Waals surface area contributed by atoms with Gasteiger partial charge in [-0.1, -0.05) is 0 Å². The maximum absolute atomic E-state index is 13.3. The summed E-state index contributed by atoms with van der Waals surface area (Å²) in [6, 6.07) is 2.77. The van der Waals surface area contributed by atoms with E-state index in [0.29, 0.717) is 13.0 Å². The molecule has 1 aromatic carbocycles. The predicted molar refractivity (Wildman–Crippen MR) is 73.1 cm³/mol. The van der Waals surface area contributed by atoms with Crippen LogP contribution in [0.25, 0.3) is 0 Å². The topological polar surface area (TPSA) is 90.1 Å². The predicted octanol–water partition coefficient (Wildman–Crippen LogP) is 2.49. The zero-order valence-corrected chi connectivity index (χ0v) is 11.3. The molecule has 0 atom stereocenters. The van der Waals surface area contributed by atoms with Crippen LogP contribution in [0.2, 0.25) is 0 Å². The zero-order valence-electron chi connectivity index (χ0n) is 11.3. The van der Waals surface area contributed by atoms with Gasteiger partial charge in [0, 0.05) is 19.0 Å². The highest BCUT2D eigenvalue weighted by Crippen LogP contribution is 2.15. The van der Waals surface area contributed by atoms with Crippen molar-refractivity contribution in [2.45, 2.75) is 19.4 Å². The number of benzene rings is 1. The SMILES string of the molecule is O=C(CCCn1cc([N+](=O)[O-])cn1)Nc1cc(F)ccc1F. The summed E-state index contributed by atoms with van der Waals surface area (Å²) < 4.78 is 27.6. The number of aromatic nitrogens is 2. The van der Waals surface area contributed by atoms with E-state index >= 15 is 0 Å². The Morgan fingerprint density at radius 3 is 2.86 bits per heavy atom. The van der Waals surface area contributed by atoms with E-state index in [1.807, 2.05) is 0 Å². The highest BCUT2D eigenvalue weighted by Gasteiger charge is 2.10. The van der Waals surface area contributed by atoms with Gasteiger partial charge in [-0.3, -0.25) is 19.6 Å². The average molecular weight is 310 g/mol. The molecule has 0 fully saturated rings. The summed E-state index contributed by atoms with van der Waals surface area (Å²) >= 11 is 0. The van der Waals surface area contributed by atoms with Crippen LogP contribution >= 0.6 is 0 Å². The summed E-state index contributed by atoms with van der Waals surface area (Å²) in [7, 11) is 0. The fraction of sp³-hybridized carbons (Fsp3) is 0.231. The smallest absolute Gasteiger partial charge is 0.306 e. The van der Waals surface area contributed by atoms with Crippen LogP contribution in [0.4, 0.5) is 20.2 Å². The first-order valence-corrected chi connectivity index (χ1v) is 6.37. The molecule has 9 heteroatoms. The van der Waals surface area contributed by atoms with E-state index in [2.05, 4.69) is 10.4 Å². The number of hydrogen-bond donors (Lipinski definition) is 1. The third-order valence-electron chi connectivity index (χ3n) is 2.82. The summed E-state index contributed by atoms with van der Waals surface area (Å²) in [5.41, 5.74) is -0.356. The number of nitrogens with one attached hydrogen (secondary N) is 1. The van der Waals surface area contributed by atoms with Crippen LogP contribution in [0.5, 0.6) is 0 Å². The van der Waals surface area contributed by atoms with Gasteiger partial charge in [0.15, 0.2) is 0 Å². The van der Waals surface area contributed by atoms with Crippen LogP contribution in [-0.2, 0) is 11.3 Å². The molecule has 1 N–H and O–H groups in total. The van der Waals surface area contributed by atoms with Crippen molar-refractivity contribution in [2.75, 3.05) is 5.32 Å². The Bertz CT molecular complexity index is 702. The van der Waals surface area contributed by atoms with E-state index < -0.39 is 22.5 Å². The summed E-state index contributed by atoms with van der Waals surface area (Å²) in [5, 5.41) is 16.5. The molecule has 0 saturated heterocycles. The van der Waals surface area contributed by atoms with E-state index in [0.717, 1.165) is 24.4 Å². The van der Waals surface area contributed by atoms with Gasteiger partial charge in [-0.15, -0.1) is 0 Å². The number of rotatable bonds is 6. The standard InChI is InChI=1S/C13H12F2N4O3/c14-9-3-4-11(15)12(6-9)17-13(20)2-1-5-18-8-10(7-16-18)19(21)22/h3-4,6-8H,1-2,5H2,(H,17,20). The first kappa shape index (κ1) is 15.5. The molecule has 1 aromatic heterocycles. The van der Waals surface area contributed by atoms with E-state index in [1.54, 1.807) is 0 Å². The first-order valence-electron chi connectivity index (χ1n) is 6.37. The Hall–Kier alpha value is -2.84. The van der Waals surface area contributed by atoms with Crippen LogP contribution < -0.4 is 5.32 Å². The molecule has 0 radical (unpaired) electrons. The second kappa shape index (κ2) is 6.74. The number of aryl methyl sites for hydroxylation is 1. The molecular formula is C13H12F2N4O3. The minimum Gasteiger partial charge on any atom is -0.324 e. The van der Waals surface area contributed by atoms with Gasteiger partial charge in [-0.2, -0.15) is 5.10 Å². The lowest BCUT2D eigenvalue weighted by Gasteiger charge is -2.06. The number of halogens is 2. The molecule has 0 saturated carbocycles. The lowest BCUT2D eigenvalue weighted by molar-refractivity contribution is -0.385. The van der Waals surface area contributed by atoms with Crippen LogP contribution in [0.3, 0.4) is 0 Å². The molecule has 7 nitrogen and oxygen atoms in total. The van der Waals surface area contributed by atoms with E-state index in [1.165, 1.54) is 10.9 Å². The lowest BCUT2D eigenvalue weighted by atomic mass is 10.2. The zero-order chi connectivity index (χ0) is 16.1. The van der Waals surface area contributed by atoms with Crippen LogP contribution in [0.15, 0.2) is 30.6 Å². The number of anilines is 1. The highest BCUT2D eigenvalue weighted by molar-refractivity contribution is 5.90. The largest absolute Gasteiger partial charge is 0.324 e. The van der Waals surface area contributed by atoms with Crippen molar-refractivity contribution < 1.29 is 18.5 Å². The molecule has 22 heavy (non-hydrogen) atoms. The van der Waals surface area contributed by atoms with E-state index in [4.69, 9.17) is 0 Å². The Labute approximate surface area is 123 Å². The number of amides is 1. The molecule has 0 aliphatic carbocycles. The quantitative estimate of drug-likeness (QED) is 0.655. The molecule has 0 aliphatic heterocycles. The number of hydrogen-bond acceptors (Lipinski definition) is 4. The highest BCUT2D eigenvalue weighted by atomic mass is 19.1. The molecule has 0 bridgehead atoms. The maximum Gasteiger partial charge on any atom is 0.306 e. The Morgan fingerprint density at radius 2 is 2.18 bits per heavy atom. The van der Waals surface area contributed by atoms with Gasteiger partial charge in [0.2, 0.25) is 5.91 Å². The van der Waals surface area contributed by atoms with Crippen LogP contribution in [-0.4, -0.2) is 20.6 Å². The monoisotopic (exact) mass is 310 g/mol. The molecule has 0 aliphatic rings. The van der Waals surface area contributed by atoms with Crippen LogP contribution in [0, 0.1) is 21.7 Å². The Morgan fingerprint density at radius 1 is 1.41 bits per heavy atom. The molecule has 1 heterocycles. The van der Waals surface area contributed by atoms with Crippen molar-refractivity contribution in [1.82, 2.24) is 9.78 Å². The summed E-state index contributed by atoms with van der Waals surface area (Å²) in [6.45, 7) is 0.299. The Balaban J connectivity index is 1.82. The van der Waals surface area contributed by atoms with Gasteiger partial charge in [0.1, 0.15) is 24.0 Å². The second-order valence-electron chi connectivity index (χ2n) is 4.49. The fourth-order valence-electron chi connectivity index (χ4n) is 1.78. The van der Waals surface area contributed by atoms with E-state index in [-0.39, 0.29) is 17.8 Å². The molecule has 2 rings (SSSR count). The molecule has 0 spiro atoms. The van der Waals surface area contributed by atoms with Crippen molar-refractivity contribution >= 4 is 17.3 Å². The van der Waals surface area contributed by atoms with Gasteiger partial charge < -0.3 is 5.32 Å². The maximum atomic E-state index is 13.3. The summed E-state index contributed by atoms with van der Waals surface area (Å²) in [4.78, 5) is 21.6. The van der Waals surface area contributed by atoms with Gasteiger partial charge in [-0.05, 0) is 18.6 Å². The van der Waals surface area contributed by atoms with Crippen molar-refractivity contribution in [3.63, 3.8) is 0 Å². The minimum absolute atomic E-state index is 0.0452. The van der Waals surface area contributed by atoms with Gasteiger partial charge in [-0.25, -0.2) is 8.78 Å². The molecule has 116 valence electrons. The lowest BCUT2D eigenvalue weighted by Crippen LogP contribution is -2.13. The number of carbonyl (C=O) groups is 1. The van der Waals surface area contributed by atoms with Crippen molar-refractivity contribution in [1.29, 1.82) is 0 Å². The van der Waals surface area contributed by atoms with Crippen molar-refractivity contribution in [3.05, 3.63) is 52.3 Å². The number of nitrogens with zero attached hydrogens (tertiary/aromatic N) is 3. The Kier molecular flexibility index (Phi) is 4.77. The van der Waals surface area contributed by atoms with Crippen molar-refractivity contribution in [3.8, 4) is 0 Å². The summed E-state index contributed by atoms with van der Waals surface area (Å²) in [6.07, 6.45) is 2.76. The van der Waals surface area contributed by atoms with Gasteiger partial charge >= 0.3 is 5.69 Å². The van der Waals surface area contributed by atoms with Crippen LogP contribution in [0.1, 0.15) is 12.8 Å². The van der Waals surface area contributed by atoms with Gasteiger partial charge in [0.25, 0.3) is 0 Å². The average Bonchev–Trinajstić information content (AvgIpc) is 2.92. The molecule has 0 unspecified atom stereocenters. The third kappa shape index (κ3) is 4.08. The second-order valence-corrected chi connectivity index (χ2v) is 4.49. The van der Waals surface area contributed by atoms with E-state index in [9.17, 15) is 23.7 Å². The molecular weight excluding hydrogens is 298 g/mol. The molecule has 2 aromatic rings. The molecule has 1 amide bonds. The minimum atomic E-state index is -0.725. The van der Waals surface area contributed by atoms with Crippen molar-refractivity contribution in [2.24, 2.45) is 0 Å². The number of nitro groups is 1. The first-order chi connectivity index (χ1) is 10.5. The number of carbonyl (C=O) groups excluding carboxylic acids is 1. The normalized spacial score (nSPS) is 10.5. The fourth-order valence-corrected chi connectivity index (χ4v) is 1.78. The van der Waals surface area contributed by atoms with Gasteiger partial charge in [0.05, 0.1) is 10.6 Å².